The van der Waals surface area contributed by atoms with Crippen molar-refractivity contribution >= 4 is 29.6 Å². The number of nitrogens with one attached hydrogen (secondary N) is 1. The molecule has 1 aliphatic heterocycles. The lowest BCUT2D eigenvalue weighted by atomic mass is 10.2. The highest BCUT2D eigenvalue weighted by Gasteiger charge is 2.28. The first kappa shape index (κ1) is 11.8. The predicted molar refractivity (Wildman–Crippen MR) is 69.1 cm³/mol. The zero-order chi connectivity index (χ0) is 13.4. The molecular formula is C12H9N3O3S. The Morgan fingerprint density at radius 3 is 2.53 bits per heavy atom. The first-order chi connectivity index (χ1) is 9.13. The number of carbonyl (C=O) groups excluding carboxylic acids is 2. The molecule has 0 radical (unpaired) electrons. The van der Waals surface area contributed by atoms with Gasteiger partial charge >= 0.3 is 0 Å². The van der Waals surface area contributed by atoms with Gasteiger partial charge in [0.2, 0.25) is 11.8 Å². The van der Waals surface area contributed by atoms with E-state index in [2.05, 4.69) is 10.2 Å². The third kappa shape index (κ3) is 2.19. The van der Waals surface area contributed by atoms with Crippen molar-refractivity contribution < 1.29 is 14.0 Å². The molecule has 3 rings (SSSR count). The van der Waals surface area contributed by atoms with E-state index < -0.39 is 0 Å². The summed E-state index contributed by atoms with van der Waals surface area (Å²) >= 11 is 4.80. The van der Waals surface area contributed by atoms with Crippen molar-refractivity contribution in [3.63, 3.8) is 0 Å². The Hall–Kier alpha value is -2.28. The van der Waals surface area contributed by atoms with E-state index in [1.807, 2.05) is 0 Å². The van der Waals surface area contributed by atoms with Crippen LogP contribution in [0, 0.1) is 4.84 Å². The third-order valence-electron chi connectivity index (χ3n) is 2.85. The van der Waals surface area contributed by atoms with E-state index in [1.54, 1.807) is 24.3 Å². The van der Waals surface area contributed by atoms with Crippen LogP contribution in [0.4, 0.5) is 5.69 Å². The number of Topliss-reactive ketones (excluding diaryl/α,β-unsaturated/α-hetero) is 1. The van der Waals surface area contributed by atoms with Crippen molar-refractivity contribution in [3.05, 3.63) is 29.1 Å². The van der Waals surface area contributed by atoms with Crippen LogP contribution >= 0.6 is 12.2 Å². The first-order valence-electron chi connectivity index (χ1n) is 5.61. The zero-order valence-corrected chi connectivity index (χ0v) is 10.6. The van der Waals surface area contributed by atoms with E-state index in [4.69, 9.17) is 16.6 Å². The van der Waals surface area contributed by atoms with Gasteiger partial charge in [-0.2, -0.15) is 0 Å². The van der Waals surface area contributed by atoms with Crippen LogP contribution in [0.3, 0.4) is 0 Å². The van der Waals surface area contributed by atoms with E-state index in [0.717, 1.165) is 5.56 Å². The standard InChI is InChI=1S/C12H9N3O3S/c16-9-5-10(17)15(6-9)8-3-1-7(2-4-8)11-13-14-12(19)18-11/h1-4H,5-6H2,(H,14,19). The number of nitrogens with zero attached hydrogens (tertiary/aromatic N) is 2. The molecule has 2 heterocycles. The van der Waals surface area contributed by atoms with Gasteiger partial charge in [-0.3, -0.25) is 9.59 Å². The largest absolute Gasteiger partial charge is 0.409 e. The van der Waals surface area contributed by atoms with Crippen molar-refractivity contribution in [1.29, 1.82) is 0 Å². The average Bonchev–Trinajstić information content (AvgIpc) is 2.96. The summed E-state index contributed by atoms with van der Waals surface area (Å²) in [5.41, 5.74) is 1.43. The molecular weight excluding hydrogens is 266 g/mol. The van der Waals surface area contributed by atoms with Gasteiger partial charge < -0.3 is 9.32 Å². The molecule has 1 aromatic heterocycles. The van der Waals surface area contributed by atoms with E-state index >= 15 is 0 Å². The quantitative estimate of drug-likeness (QED) is 0.666. The topological polar surface area (TPSA) is 79.2 Å². The molecule has 0 spiro atoms. The normalized spacial score (nSPS) is 15.3. The molecule has 0 bridgehead atoms. The number of H-pyrrole nitrogens is 1. The Labute approximate surface area is 113 Å². The zero-order valence-electron chi connectivity index (χ0n) is 9.75. The number of hydrogen-bond donors (Lipinski definition) is 1. The second kappa shape index (κ2) is 4.43. The van der Waals surface area contributed by atoms with E-state index in [-0.39, 0.29) is 29.5 Å². The van der Waals surface area contributed by atoms with Crippen molar-refractivity contribution in [2.75, 3.05) is 11.4 Å². The van der Waals surface area contributed by atoms with Crippen LogP contribution in [0.5, 0.6) is 0 Å². The SMILES string of the molecule is O=C1CC(=O)N(c2ccc(-c3n[nH]c(=S)o3)cc2)C1. The minimum Gasteiger partial charge on any atom is -0.409 e. The van der Waals surface area contributed by atoms with E-state index in [1.165, 1.54) is 4.90 Å². The van der Waals surface area contributed by atoms with Gasteiger partial charge in [-0.1, -0.05) is 0 Å². The predicted octanol–water partition coefficient (Wildman–Crippen LogP) is 1.70. The Bertz CT molecular complexity index is 702. The molecule has 0 saturated carbocycles. The molecule has 1 aliphatic rings. The van der Waals surface area contributed by atoms with Crippen LogP contribution in [-0.4, -0.2) is 28.4 Å². The van der Waals surface area contributed by atoms with Crippen LogP contribution in [0.1, 0.15) is 6.42 Å². The number of anilines is 1. The molecule has 0 aliphatic carbocycles. The highest BCUT2D eigenvalue weighted by molar-refractivity contribution is 7.71. The summed E-state index contributed by atoms with van der Waals surface area (Å²) in [6, 6.07) is 7.03. The minimum atomic E-state index is -0.171. The van der Waals surface area contributed by atoms with Gasteiger partial charge in [0.05, 0.1) is 13.0 Å². The second-order valence-electron chi connectivity index (χ2n) is 4.16. The van der Waals surface area contributed by atoms with Gasteiger partial charge in [0.25, 0.3) is 4.84 Å². The molecule has 7 heteroatoms. The fraction of sp³-hybridized carbons (Fsp3) is 0.167. The number of ketones is 1. The number of aromatic amines is 1. The number of benzene rings is 1. The van der Waals surface area contributed by atoms with Crippen molar-refractivity contribution in [3.8, 4) is 11.5 Å². The Kier molecular flexibility index (Phi) is 2.75. The third-order valence-corrected chi connectivity index (χ3v) is 3.02. The molecule has 1 N–H and O–H groups in total. The lowest BCUT2D eigenvalue weighted by Gasteiger charge is -2.14. The van der Waals surface area contributed by atoms with Crippen molar-refractivity contribution in [1.82, 2.24) is 10.2 Å². The smallest absolute Gasteiger partial charge is 0.284 e. The molecule has 19 heavy (non-hydrogen) atoms. The number of hydrogen-bond acceptors (Lipinski definition) is 5. The van der Waals surface area contributed by atoms with Crippen molar-refractivity contribution in [2.24, 2.45) is 0 Å². The second-order valence-corrected chi connectivity index (χ2v) is 4.53. The maximum atomic E-state index is 11.6. The van der Waals surface area contributed by atoms with Crippen LogP contribution in [0.25, 0.3) is 11.5 Å². The highest BCUT2D eigenvalue weighted by atomic mass is 32.1. The molecule has 1 aromatic carbocycles. The average molecular weight is 275 g/mol. The lowest BCUT2D eigenvalue weighted by molar-refractivity contribution is -0.121. The van der Waals surface area contributed by atoms with Gasteiger partial charge in [-0.05, 0) is 36.5 Å². The van der Waals surface area contributed by atoms with Crippen LogP contribution < -0.4 is 4.90 Å². The van der Waals surface area contributed by atoms with Gasteiger partial charge in [-0.15, -0.1) is 5.10 Å². The fourth-order valence-electron chi connectivity index (χ4n) is 1.96. The van der Waals surface area contributed by atoms with E-state index in [0.29, 0.717) is 11.6 Å². The van der Waals surface area contributed by atoms with Crippen LogP contribution in [0.15, 0.2) is 28.7 Å². The maximum absolute atomic E-state index is 11.6. The lowest BCUT2D eigenvalue weighted by Crippen LogP contribution is -2.24. The summed E-state index contributed by atoms with van der Waals surface area (Å²) in [6.45, 7) is 0.140. The Morgan fingerprint density at radius 1 is 1.26 bits per heavy atom. The summed E-state index contributed by atoms with van der Waals surface area (Å²) in [7, 11) is 0. The molecule has 1 saturated heterocycles. The molecule has 2 aromatic rings. The van der Waals surface area contributed by atoms with Crippen LogP contribution in [-0.2, 0) is 9.59 Å². The summed E-state index contributed by atoms with van der Waals surface area (Å²) in [6.07, 6.45) is -0.0181. The number of carbonyl (C=O) groups is 2. The molecule has 1 amide bonds. The number of rotatable bonds is 2. The highest BCUT2D eigenvalue weighted by Crippen LogP contribution is 2.24. The van der Waals surface area contributed by atoms with Gasteiger partial charge in [0.15, 0.2) is 5.78 Å². The maximum Gasteiger partial charge on any atom is 0.284 e. The fourth-order valence-corrected chi connectivity index (χ4v) is 2.08. The molecule has 0 unspecified atom stereocenters. The molecule has 6 nitrogen and oxygen atoms in total. The van der Waals surface area contributed by atoms with E-state index in [9.17, 15) is 9.59 Å². The van der Waals surface area contributed by atoms with Gasteiger partial charge in [0, 0.05) is 11.3 Å². The summed E-state index contributed by atoms with van der Waals surface area (Å²) in [4.78, 5) is 24.5. The monoisotopic (exact) mass is 275 g/mol. The van der Waals surface area contributed by atoms with Gasteiger partial charge in [0.1, 0.15) is 0 Å². The Morgan fingerprint density at radius 2 is 2.00 bits per heavy atom. The molecule has 96 valence electrons. The molecule has 1 fully saturated rings. The van der Waals surface area contributed by atoms with Crippen LogP contribution in [0.2, 0.25) is 0 Å². The van der Waals surface area contributed by atoms with Gasteiger partial charge in [-0.25, -0.2) is 5.10 Å². The summed E-state index contributed by atoms with van der Waals surface area (Å²) in [5.74, 6) is 0.155. The van der Waals surface area contributed by atoms with Crippen molar-refractivity contribution in [2.45, 2.75) is 6.42 Å². The molecule has 0 atom stereocenters. The number of aromatic nitrogens is 2. The minimum absolute atomic E-state index is 0.0181. The Balaban J connectivity index is 1.89. The number of amides is 1. The summed E-state index contributed by atoms with van der Waals surface area (Å²) < 4.78 is 5.19. The first-order valence-corrected chi connectivity index (χ1v) is 6.02. The summed E-state index contributed by atoms with van der Waals surface area (Å²) in [5, 5.41) is 6.45.